The van der Waals surface area contributed by atoms with Crippen molar-refractivity contribution in [3.8, 4) is 0 Å². The van der Waals surface area contributed by atoms with Gasteiger partial charge in [-0.2, -0.15) is 0 Å². The van der Waals surface area contributed by atoms with E-state index in [0.717, 1.165) is 30.7 Å². The molecule has 2 nitrogen and oxygen atoms in total. The van der Waals surface area contributed by atoms with Crippen molar-refractivity contribution in [1.29, 1.82) is 0 Å². The molecule has 0 radical (unpaired) electrons. The van der Waals surface area contributed by atoms with Crippen LogP contribution in [0, 0.1) is 0 Å². The third-order valence-electron chi connectivity index (χ3n) is 3.02. The van der Waals surface area contributed by atoms with Crippen molar-refractivity contribution >= 4 is 0 Å². The van der Waals surface area contributed by atoms with Crippen molar-refractivity contribution in [3.05, 3.63) is 50.6 Å². The van der Waals surface area contributed by atoms with Gasteiger partial charge in [0, 0.05) is 0 Å². The lowest BCUT2D eigenvalue weighted by atomic mass is 10.3. The summed E-state index contributed by atoms with van der Waals surface area (Å²) in [6.07, 6.45) is 10.5. The summed E-state index contributed by atoms with van der Waals surface area (Å²) in [4.78, 5) is 0. The van der Waals surface area contributed by atoms with E-state index in [1.165, 1.54) is 25.9 Å². The standard InChI is InChI=1S/C12H20N.C4H9N/c1-5-9-13(10-6-2,11-7-3)12-8-4;1-2-4-5-3-1/h5-8H,1-4,9-12H2;5H,1-4H2/q+1;. The van der Waals surface area contributed by atoms with Crippen molar-refractivity contribution in [2.24, 2.45) is 0 Å². The van der Waals surface area contributed by atoms with Crippen LogP contribution < -0.4 is 5.32 Å². The molecule has 1 aliphatic heterocycles. The molecule has 1 heterocycles. The molecule has 1 saturated heterocycles. The molecule has 102 valence electrons. The fourth-order valence-corrected chi connectivity index (χ4v) is 2.17. The summed E-state index contributed by atoms with van der Waals surface area (Å²) >= 11 is 0. The van der Waals surface area contributed by atoms with Gasteiger partial charge in [-0.3, -0.25) is 0 Å². The van der Waals surface area contributed by atoms with E-state index in [2.05, 4.69) is 31.6 Å². The van der Waals surface area contributed by atoms with Gasteiger partial charge in [0.25, 0.3) is 0 Å². The quantitative estimate of drug-likeness (QED) is 0.515. The smallest absolute Gasteiger partial charge is 0.0978 e. The Hall–Kier alpha value is -1.12. The van der Waals surface area contributed by atoms with E-state index in [1.807, 2.05) is 24.3 Å². The molecule has 1 fully saturated rings. The topological polar surface area (TPSA) is 12.0 Å². The molecule has 0 unspecified atom stereocenters. The maximum atomic E-state index is 3.77. The van der Waals surface area contributed by atoms with E-state index in [9.17, 15) is 0 Å². The van der Waals surface area contributed by atoms with Crippen molar-refractivity contribution in [2.75, 3.05) is 39.3 Å². The second-order valence-corrected chi connectivity index (χ2v) is 4.68. The highest BCUT2D eigenvalue weighted by atomic mass is 15.3. The first-order valence-electron chi connectivity index (χ1n) is 6.74. The Morgan fingerprint density at radius 1 is 0.722 bits per heavy atom. The zero-order valence-corrected chi connectivity index (χ0v) is 11.7. The first-order valence-corrected chi connectivity index (χ1v) is 6.74. The Labute approximate surface area is 113 Å². The monoisotopic (exact) mass is 249 g/mol. The maximum absolute atomic E-state index is 3.77. The molecule has 2 heteroatoms. The van der Waals surface area contributed by atoms with Crippen LogP contribution in [0.15, 0.2) is 50.6 Å². The number of nitrogens with zero attached hydrogens (tertiary/aromatic N) is 1. The van der Waals surface area contributed by atoms with Crippen molar-refractivity contribution < 1.29 is 4.48 Å². The SMILES string of the molecule is C1CCNC1.C=CC[N+](CC=C)(CC=C)CC=C. The van der Waals surface area contributed by atoms with Crippen LogP contribution in [-0.2, 0) is 0 Å². The average Bonchev–Trinajstić information content (AvgIpc) is 2.89. The van der Waals surface area contributed by atoms with Crippen molar-refractivity contribution in [2.45, 2.75) is 12.8 Å². The average molecular weight is 249 g/mol. The lowest BCUT2D eigenvalue weighted by molar-refractivity contribution is -0.906. The number of nitrogens with one attached hydrogen (secondary N) is 1. The fraction of sp³-hybridized carbons (Fsp3) is 0.500. The summed E-state index contributed by atoms with van der Waals surface area (Å²) in [5.74, 6) is 0. The van der Waals surface area contributed by atoms with Crippen LogP contribution in [0.1, 0.15) is 12.8 Å². The molecule has 0 aliphatic carbocycles. The molecule has 1 rings (SSSR count). The van der Waals surface area contributed by atoms with Gasteiger partial charge < -0.3 is 9.80 Å². The van der Waals surface area contributed by atoms with E-state index in [0.29, 0.717) is 0 Å². The van der Waals surface area contributed by atoms with Crippen molar-refractivity contribution in [1.82, 2.24) is 5.32 Å². The predicted molar refractivity (Wildman–Crippen MR) is 82.6 cm³/mol. The van der Waals surface area contributed by atoms with Gasteiger partial charge in [0.05, 0.1) is 26.2 Å². The Balaban J connectivity index is 0.000000473. The van der Waals surface area contributed by atoms with Gasteiger partial charge in [0.2, 0.25) is 0 Å². The minimum Gasteiger partial charge on any atom is -0.317 e. The highest BCUT2D eigenvalue weighted by Crippen LogP contribution is 2.07. The zero-order chi connectivity index (χ0) is 13.7. The van der Waals surface area contributed by atoms with E-state index in [-0.39, 0.29) is 0 Å². The van der Waals surface area contributed by atoms with Crippen LogP contribution in [0.2, 0.25) is 0 Å². The summed E-state index contributed by atoms with van der Waals surface area (Å²) in [6, 6.07) is 0. The van der Waals surface area contributed by atoms with Crippen LogP contribution in [0.25, 0.3) is 0 Å². The third-order valence-corrected chi connectivity index (χ3v) is 3.02. The second-order valence-electron chi connectivity index (χ2n) is 4.68. The molecule has 18 heavy (non-hydrogen) atoms. The molecular formula is C16H29N2+. The van der Waals surface area contributed by atoms with E-state index < -0.39 is 0 Å². The summed E-state index contributed by atoms with van der Waals surface area (Å²) < 4.78 is 0.903. The van der Waals surface area contributed by atoms with E-state index >= 15 is 0 Å². The fourth-order valence-electron chi connectivity index (χ4n) is 2.17. The molecule has 0 aromatic carbocycles. The molecular weight excluding hydrogens is 220 g/mol. The van der Waals surface area contributed by atoms with Crippen LogP contribution in [0.5, 0.6) is 0 Å². The molecule has 0 bridgehead atoms. The Kier molecular flexibility index (Phi) is 10.3. The normalized spacial score (nSPS) is 14.2. The van der Waals surface area contributed by atoms with Gasteiger partial charge in [-0.25, -0.2) is 0 Å². The molecule has 0 spiro atoms. The minimum atomic E-state index is 0.903. The summed E-state index contributed by atoms with van der Waals surface area (Å²) in [5, 5.41) is 3.22. The van der Waals surface area contributed by atoms with Gasteiger partial charge in [0.1, 0.15) is 0 Å². The molecule has 0 atom stereocenters. The first-order chi connectivity index (χ1) is 8.74. The van der Waals surface area contributed by atoms with Crippen LogP contribution in [-0.4, -0.2) is 43.8 Å². The number of rotatable bonds is 8. The van der Waals surface area contributed by atoms with Gasteiger partial charge in [-0.05, 0) is 50.2 Å². The molecule has 0 aromatic rings. The number of hydrogen-bond acceptors (Lipinski definition) is 1. The summed E-state index contributed by atoms with van der Waals surface area (Å²) in [7, 11) is 0. The van der Waals surface area contributed by atoms with E-state index in [1.54, 1.807) is 0 Å². The Morgan fingerprint density at radius 3 is 1.22 bits per heavy atom. The van der Waals surface area contributed by atoms with Crippen LogP contribution >= 0.6 is 0 Å². The first kappa shape index (κ1) is 16.9. The highest BCUT2D eigenvalue weighted by Gasteiger charge is 2.20. The molecule has 0 aromatic heterocycles. The Morgan fingerprint density at radius 2 is 1.06 bits per heavy atom. The minimum absolute atomic E-state index is 0.903. The highest BCUT2D eigenvalue weighted by molar-refractivity contribution is 4.79. The zero-order valence-electron chi connectivity index (χ0n) is 11.7. The van der Waals surface area contributed by atoms with Gasteiger partial charge >= 0.3 is 0 Å². The Bertz CT molecular complexity index is 199. The lowest BCUT2D eigenvalue weighted by Gasteiger charge is -2.35. The van der Waals surface area contributed by atoms with Gasteiger partial charge in [0.15, 0.2) is 0 Å². The summed E-state index contributed by atoms with van der Waals surface area (Å²) in [6.45, 7) is 21.3. The summed E-state index contributed by atoms with van der Waals surface area (Å²) in [5.41, 5.74) is 0. The lowest BCUT2D eigenvalue weighted by Crippen LogP contribution is -2.48. The van der Waals surface area contributed by atoms with Crippen LogP contribution in [0.3, 0.4) is 0 Å². The van der Waals surface area contributed by atoms with Crippen LogP contribution in [0.4, 0.5) is 0 Å². The third kappa shape index (κ3) is 7.25. The maximum Gasteiger partial charge on any atom is 0.0978 e. The number of quaternary nitrogens is 1. The van der Waals surface area contributed by atoms with E-state index in [4.69, 9.17) is 0 Å². The predicted octanol–water partition coefficient (Wildman–Crippen LogP) is 2.92. The number of hydrogen-bond donors (Lipinski definition) is 1. The van der Waals surface area contributed by atoms with Crippen molar-refractivity contribution in [3.63, 3.8) is 0 Å². The molecule has 1 N–H and O–H groups in total. The molecule has 1 aliphatic rings. The van der Waals surface area contributed by atoms with Gasteiger partial charge in [-0.1, -0.05) is 26.3 Å². The largest absolute Gasteiger partial charge is 0.317 e. The van der Waals surface area contributed by atoms with Gasteiger partial charge in [-0.15, -0.1) is 0 Å². The molecule has 0 saturated carbocycles. The second kappa shape index (κ2) is 11.0. The molecule has 0 amide bonds.